The fourth-order valence-electron chi connectivity index (χ4n) is 2.15. The minimum atomic E-state index is 0. The van der Waals surface area contributed by atoms with Crippen LogP contribution < -0.4 is 15.4 Å². The van der Waals surface area contributed by atoms with E-state index in [9.17, 15) is 0 Å². The van der Waals surface area contributed by atoms with E-state index in [4.69, 9.17) is 13.9 Å². The van der Waals surface area contributed by atoms with Gasteiger partial charge in [0.05, 0.1) is 26.5 Å². The fourth-order valence-corrected chi connectivity index (χ4v) is 2.15. The van der Waals surface area contributed by atoms with Crippen molar-refractivity contribution in [3.8, 4) is 5.75 Å². The zero-order chi connectivity index (χ0) is 17.0. The van der Waals surface area contributed by atoms with E-state index in [-0.39, 0.29) is 24.0 Å². The van der Waals surface area contributed by atoms with Crippen LogP contribution in [0, 0.1) is 0 Å². The first kappa shape index (κ1) is 21.3. The number of halogens is 1. The Bertz CT molecular complexity index is 618. The molecule has 6 nitrogen and oxygen atoms in total. The van der Waals surface area contributed by atoms with Crippen LogP contribution in [-0.2, 0) is 17.7 Å². The molecule has 0 amide bonds. The molecule has 0 fully saturated rings. The van der Waals surface area contributed by atoms with Gasteiger partial charge in [-0.05, 0) is 29.8 Å². The molecule has 0 spiro atoms. The van der Waals surface area contributed by atoms with Gasteiger partial charge >= 0.3 is 0 Å². The molecule has 2 aromatic rings. The minimum absolute atomic E-state index is 0. The molecule has 0 radical (unpaired) electrons. The molecule has 7 heteroatoms. The van der Waals surface area contributed by atoms with E-state index in [0.717, 1.165) is 36.0 Å². The highest BCUT2D eigenvalue weighted by Gasteiger charge is 2.01. The van der Waals surface area contributed by atoms with Crippen LogP contribution in [0.1, 0.15) is 11.3 Å². The maximum Gasteiger partial charge on any atom is 0.191 e. The van der Waals surface area contributed by atoms with E-state index < -0.39 is 0 Å². The summed E-state index contributed by atoms with van der Waals surface area (Å²) in [4.78, 5) is 4.61. The molecule has 25 heavy (non-hydrogen) atoms. The number of ether oxygens (including phenoxy) is 2. The zero-order valence-corrected chi connectivity index (χ0v) is 17.0. The maximum atomic E-state index is 5.33. The molecule has 2 N–H and O–H groups in total. The maximum absolute atomic E-state index is 5.33. The summed E-state index contributed by atoms with van der Waals surface area (Å²) in [7, 11) is 3.34. The number of furan rings is 1. The van der Waals surface area contributed by atoms with Crippen LogP contribution >= 0.6 is 24.0 Å². The summed E-state index contributed by atoms with van der Waals surface area (Å²) in [5, 5.41) is 6.56. The standard InChI is InChI=1S/C18H25N3O3.HI/c1-22-12-10-20-18(19-9-8-16-7-4-11-24-16)21-14-15-5-3-6-17(13-15)23-2;/h3-7,11,13H,8-10,12,14H2,1-2H3,(H2,19,20,21);1H. The lowest BCUT2D eigenvalue weighted by Gasteiger charge is -2.12. The monoisotopic (exact) mass is 459 g/mol. The van der Waals surface area contributed by atoms with E-state index in [1.807, 2.05) is 36.4 Å². The Balaban J connectivity index is 0.00000312. The molecule has 0 atom stereocenters. The third-order valence-corrected chi connectivity index (χ3v) is 3.40. The highest BCUT2D eigenvalue weighted by atomic mass is 127. The predicted octanol–water partition coefficient (Wildman–Crippen LogP) is 2.83. The number of methoxy groups -OCH3 is 2. The van der Waals surface area contributed by atoms with Gasteiger partial charge < -0.3 is 24.5 Å². The summed E-state index contributed by atoms with van der Waals surface area (Å²) in [6.07, 6.45) is 2.49. The van der Waals surface area contributed by atoms with Gasteiger partial charge in [-0.3, -0.25) is 0 Å². The molecule has 0 bridgehead atoms. The summed E-state index contributed by atoms with van der Waals surface area (Å²) in [5.41, 5.74) is 1.09. The molecular weight excluding hydrogens is 433 g/mol. The van der Waals surface area contributed by atoms with Crippen molar-refractivity contribution in [2.24, 2.45) is 4.99 Å². The third kappa shape index (κ3) is 8.26. The highest BCUT2D eigenvalue weighted by Crippen LogP contribution is 2.13. The molecule has 1 aromatic carbocycles. The molecule has 2 rings (SSSR count). The number of hydrogen-bond donors (Lipinski definition) is 2. The largest absolute Gasteiger partial charge is 0.497 e. The molecular formula is C18H26IN3O3. The Kier molecular flexibility index (Phi) is 10.7. The zero-order valence-electron chi connectivity index (χ0n) is 14.7. The van der Waals surface area contributed by atoms with E-state index in [1.54, 1.807) is 20.5 Å². The summed E-state index contributed by atoms with van der Waals surface area (Å²) < 4.78 is 15.6. The van der Waals surface area contributed by atoms with Crippen molar-refractivity contribution in [3.05, 3.63) is 54.0 Å². The Hall–Kier alpha value is -1.74. The van der Waals surface area contributed by atoms with Crippen LogP contribution in [0.25, 0.3) is 0 Å². The molecule has 1 heterocycles. The number of benzene rings is 1. The predicted molar refractivity (Wildman–Crippen MR) is 110 cm³/mol. The molecule has 0 aliphatic rings. The number of aliphatic imine (C=N–C) groups is 1. The van der Waals surface area contributed by atoms with Crippen molar-refractivity contribution in [1.29, 1.82) is 0 Å². The van der Waals surface area contributed by atoms with Crippen molar-refractivity contribution in [1.82, 2.24) is 10.6 Å². The van der Waals surface area contributed by atoms with Gasteiger partial charge in [0.1, 0.15) is 11.5 Å². The number of nitrogens with zero attached hydrogens (tertiary/aromatic N) is 1. The molecule has 0 aliphatic carbocycles. The smallest absolute Gasteiger partial charge is 0.191 e. The van der Waals surface area contributed by atoms with Gasteiger partial charge in [-0.15, -0.1) is 24.0 Å². The van der Waals surface area contributed by atoms with Crippen LogP contribution in [0.4, 0.5) is 0 Å². The number of nitrogens with one attached hydrogen (secondary N) is 2. The second kappa shape index (κ2) is 12.6. The molecule has 0 saturated carbocycles. The molecule has 1 aromatic heterocycles. The lowest BCUT2D eigenvalue weighted by Crippen LogP contribution is -2.40. The Morgan fingerprint density at radius 1 is 1.12 bits per heavy atom. The van der Waals surface area contributed by atoms with E-state index in [0.29, 0.717) is 19.7 Å². The van der Waals surface area contributed by atoms with Crippen LogP contribution in [0.2, 0.25) is 0 Å². The molecule has 138 valence electrons. The SMILES string of the molecule is COCCNC(=NCc1cccc(OC)c1)NCCc1ccco1.I. The summed E-state index contributed by atoms with van der Waals surface area (Å²) in [6, 6.07) is 11.8. The second-order valence-electron chi connectivity index (χ2n) is 5.19. The van der Waals surface area contributed by atoms with Crippen molar-refractivity contribution < 1.29 is 13.9 Å². The van der Waals surface area contributed by atoms with Crippen molar-refractivity contribution in [2.75, 3.05) is 33.9 Å². The average Bonchev–Trinajstić information content (AvgIpc) is 3.13. The van der Waals surface area contributed by atoms with Gasteiger partial charge in [0.2, 0.25) is 0 Å². The van der Waals surface area contributed by atoms with E-state index in [1.165, 1.54) is 0 Å². The van der Waals surface area contributed by atoms with Gasteiger partial charge in [0.15, 0.2) is 5.96 Å². The number of guanidine groups is 1. The Labute approximate surface area is 166 Å². The van der Waals surface area contributed by atoms with Gasteiger partial charge in [-0.2, -0.15) is 0 Å². The first-order valence-corrected chi connectivity index (χ1v) is 7.98. The molecule has 0 unspecified atom stereocenters. The highest BCUT2D eigenvalue weighted by molar-refractivity contribution is 14.0. The van der Waals surface area contributed by atoms with Gasteiger partial charge in [-0.25, -0.2) is 4.99 Å². The summed E-state index contributed by atoms with van der Waals surface area (Å²) in [5.74, 6) is 2.54. The topological polar surface area (TPSA) is 68.0 Å². The number of hydrogen-bond acceptors (Lipinski definition) is 4. The van der Waals surface area contributed by atoms with Crippen LogP contribution in [-0.4, -0.2) is 39.9 Å². The molecule has 0 aliphatic heterocycles. The van der Waals surface area contributed by atoms with E-state index >= 15 is 0 Å². The van der Waals surface area contributed by atoms with Crippen LogP contribution in [0.5, 0.6) is 5.75 Å². The lowest BCUT2D eigenvalue weighted by atomic mass is 10.2. The Morgan fingerprint density at radius 3 is 2.68 bits per heavy atom. The second-order valence-corrected chi connectivity index (χ2v) is 5.19. The normalized spacial score (nSPS) is 10.9. The van der Waals surface area contributed by atoms with Crippen LogP contribution in [0.3, 0.4) is 0 Å². The van der Waals surface area contributed by atoms with Gasteiger partial charge in [0, 0.05) is 26.6 Å². The van der Waals surface area contributed by atoms with Gasteiger partial charge in [-0.1, -0.05) is 12.1 Å². The number of rotatable bonds is 9. The summed E-state index contributed by atoms with van der Waals surface area (Å²) >= 11 is 0. The minimum Gasteiger partial charge on any atom is -0.497 e. The lowest BCUT2D eigenvalue weighted by molar-refractivity contribution is 0.203. The van der Waals surface area contributed by atoms with Crippen LogP contribution in [0.15, 0.2) is 52.1 Å². The summed E-state index contributed by atoms with van der Waals surface area (Å²) in [6.45, 7) is 2.63. The Morgan fingerprint density at radius 2 is 1.96 bits per heavy atom. The van der Waals surface area contributed by atoms with E-state index in [2.05, 4.69) is 15.6 Å². The van der Waals surface area contributed by atoms with Crippen molar-refractivity contribution in [2.45, 2.75) is 13.0 Å². The average molecular weight is 459 g/mol. The van der Waals surface area contributed by atoms with Gasteiger partial charge in [0.25, 0.3) is 0 Å². The molecule has 0 saturated heterocycles. The fraction of sp³-hybridized carbons (Fsp3) is 0.389. The quantitative estimate of drug-likeness (QED) is 0.261. The van der Waals surface area contributed by atoms with Crippen molar-refractivity contribution in [3.63, 3.8) is 0 Å². The first-order valence-electron chi connectivity index (χ1n) is 7.98. The van der Waals surface area contributed by atoms with Crippen molar-refractivity contribution >= 4 is 29.9 Å². The third-order valence-electron chi connectivity index (χ3n) is 3.40. The first-order chi connectivity index (χ1) is 11.8.